The molecular weight excluding hydrogens is 218 g/mol. The van der Waals surface area contributed by atoms with Crippen LogP contribution in [-0.2, 0) is 0 Å². The number of aromatic amines is 1. The molecule has 6 nitrogen and oxygen atoms in total. The second-order valence-electron chi connectivity index (χ2n) is 3.98. The Kier molecular flexibility index (Phi) is 3.30. The Labute approximate surface area is 99.8 Å². The monoisotopic (exact) mass is 233 g/mol. The van der Waals surface area contributed by atoms with Crippen molar-refractivity contribution < 1.29 is 4.79 Å². The van der Waals surface area contributed by atoms with Crippen molar-refractivity contribution >= 4 is 11.7 Å². The Morgan fingerprint density at radius 2 is 2.24 bits per heavy atom. The summed E-state index contributed by atoms with van der Waals surface area (Å²) in [5, 5.41) is 6.37. The number of nitrogens with two attached hydrogens (primary N) is 1. The van der Waals surface area contributed by atoms with Crippen LogP contribution < -0.4 is 5.73 Å². The standard InChI is InChI=1S/C11H15N5O/c1-2-3-15-4-6-16(7-5-15)11(17)9-8-10(12)14-13-9/h1,8H,3-7H2,(H3,12,13,14). The molecule has 1 fully saturated rings. The summed E-state index contributed by atoms with van der Waals surface area (Å²) in [7, 11) is 0. The van der Waals surface area contributed by atoms with Gasteiger partial charge in [0.25, 0.3) is 5.91 Å². The zero-order valence-electron chi connectivity index (χ0n) is 9.52. The summed E-state index contributed by atoms with van der Waals surface area (Å²) < 4.78 is 0. The van der Waals surface area contributed by atoms with Crippen molar-refractivity contribution in [3.8, 4) is 12.3 Å². The van der Waals surface area contributed by atoms with E-state index in [1.54, 1.807) is 11.0 Å². The van der Waals surface area contributed by atoms with E-state index in [4.69, 9.17) is 12.2 Å². The molecule has 0 unspecified atom stereocenters. The molecule has 1 saturated heterocycles. The maximum Gasteiger partial charge on any atom is 0.272 e. The molecule has 17 heavy (non-hydrogen) atoms. The van der Waals surface area contributed by atoms with E-state index in [-0.39, 0.29) is 5.91 Å². The van der Waals surface area contributed by atoms with Crippen LogP contribution >= 0.6 is 0 Å². The van der Waals surface area contributed by atoms with Gasteiger partial charge in [-0.3, -0.25) is 14.8 Å². The molecule has 0 bridgehead atoms. The second-order valence-corrected chi connectivity index (χ2v) is 3.98. The summed E-state index contributed by atoms with van der Waals surface area (Å²) in [5.41, 5.74) is 5.90. The predicted octanol–water partition coefficient (Wildman–Crippen LogP) is -0.617. The lowest BCUT2D eigenvalue weighted by molar-refractivity contribution is 0.0646. The molecule has 2 heterocycles. The summed E-state index contributed by atoms with van der Waals surface area (Å²) in [6.45, 7) is 3.61. The molecule has 0 spiro atoms. The van der Waals surface area contributed by atoms with E-state index in [1.165, 1.54) is 0 Å². The normalized spacial score (nSPS) is 16.8. The van der Waals surface area contributed by atoms with Gasteiger partial charge in [0, 0.05) is 32.2 Å². The van der Waals surface area contributed by atoms with Crippen molar-refractivity contribution in [2.75, 3.05) is 38.5 Å². The SMILES string of the molecule is C#CCN1CCN(C(=O)c2cc(N)n[nH]2)CC1. The molecule has 2 rings (SSSR count). The van der Waals surface area contributed by atoms with Crippen LogP contribution in [0.5, 0.6) is 0 Å². The van der Waals surface area contributed by atoms with Gasteiger partial charge in [-0.1, -0.05) is 5.92 Å². The first kappa shape index (κ1) is 11.5. The number of H-pyrrole nitrogens is 1. The molecule has 90 valence electrons. The van der Waals surface area contributed by atoms with Gasteiger partial charge in [-0.25, -0.2) is 0 Å². The Balaban J connectivity index is 1.93. The highest BCUT2D eigenvalue weighted by molar-refractivity contribution is 5.93. The minimum Gasteiger partial charge on any atom is -0.382 e. The number of nitrogens with one attached hydrogen (secondary N) is 1. The largest absolute Gasteiger partial charge is 0.382 e. The first-order chi connectivity index (χ1) is 8.20. The highest BCUT2D eigenvalue weighted by Crippen LogP contribution is 2.08. The van der Waals surface area contributed by atoms with Gasteiger partial charge in [0.05, 0.1) is 6.54 Å². The predicted molar refractivity (Wildman–Crippen MR) is 64.2 cm³/mol. The first-order valence-electron chi connectivity index (χ1n) is 5.46. The van der Waals surface area contributed by atoms with Gasteiger partial charge in [-0.2, -0.15) is 5.10 Å². The molecule has 0 saturated carbocycles. The number of hydrogen-bond donors (Lipinski definition) is 2. The minimum absolute atomic E-state index is 0.0606. The third-order valence-electron chi connectivity index (χ3n) is 2.80. The van der Waals surface area contributed by atoms with Crippen LogP contribution in [0.1, 0.15) is 10.5 Å². The number of carbonyl (C=O) groups is 1. The van der Waals surface area contributed by atoms with E-state index in [0.29, 0.717) is 31.1 Å². The first-order valence-corrected chi connectivity index (χ1v) is 5.46. The lowest BCUT2D eigenvalue weighted by Gasteiger charge is -2.33. The van der Waals surface area contributed by atoms with Gasteiger partial charge < -0.3 is 10.6 Å². The number of rotatable bonds is 2. The van der Waals surface area contributed by atoms with Gasteiger partial charge in [-0.15, -0.1) is 6.42 Å². The number of piperazine rings is 1. The smallest absolute Gasteiger partial charge is 0.272 e. The van der Waals surface area contributed by atoms with Gasteiger partial charge in [0.15, 0.2) is 0 Å². The second kappa shape index (κ2) is 4.89. The number of nitrogen functional groups attached to an aromatic ring is 1. The van der Waals surface area contributed by atoms with Crippen molar-refractivity contribution in [3.63, 3.8) is 0 Å². The fourth-order valence-corrected chi connectivity index (χ4v) is 1.86. The van der Waals surface area contributed by atoms with E-state index in [2.05, 4.69) is 21.0 Å². The fourth-order valence-electron chi connectivity index (χ4n) is 1.86. The zero-order valence-corrected chi connectivity index (χ0v) is 9.52. The van der Waals surface area contributed by atoms with Crippen LogP contribution in [0.25, 0.3) is 0 Å². The maximum atomic E-state index is 12.0. The third kappa shape index (κ3) is 2.57. The van der Waals surface area contributed by atoms with Crippen LogP contribution in [0.2, 0.25) is 0 Å². The summed E-state index contributed by atoms with van der Waals surface area (Å²) in [5.74, 6) is 2.88. The summed E-state index contributed by atoms with van der Waals surface area (Å²) >= 11 is 0. The lowest BCUT2D eigenvalue weighted by atomic mass is 10.2. The molecule has 1 aromatic rings. The average Bonchev–Trinajstić information content (AvgIpc) is 2.76. The molecule has 0 aliphatic carbocycles. The third-order valence-corrected chi connectivity index (χ3v) is 2.80. The van der Waals surface area contributed by atoms with Crippen LogP contribution in [0.3, 0.4) is 0 Å². The number of carbonyl (C=O) groups excluding carboxylic acids is 1. The van der Waals surface area contributed by atoms with Gasteiger partial charge >= 0.3 is 0 Å². The maximum absolute atomic E-state index is 12.0. The molecule has 0 aromatic carbocycles. The Morgan fingerprint density at radius 1 is 1.53 bits per heavy atom. The van der Waals surface area contributed by atoms with E-state index in [9.17, 15) is 4.79 Å². The molecular formula is C11H15N5O. The summed E-state index contributed by atoms with van der Waals surface area (Å²) in [4.78, 5) is 15.9. The van der Waals surface area contributed by atoms with Crippen LogP contribution in [0.15, 0.2) is 6.07 Å². The topological polar surface area (TPSA) is 78.2 Å². The van der Waals surface area contributed by atoms with E-state index in [1.807, 2.05) is 0 Å². The number of nitrogens with zero attached hydrogens (tertiary/aromatic N) is 3. The summed E-state index contributed by atoms with van der Waals surface area (Å²) in [6.07, 6.45) is 5.25. The van der Waals surface area contributed by atoms with Gasteiger partial charge in [-0.05, 0) is 0 Å². The van der Waals surface area contributed by atoms with Crippen LogP contribution in [-0.4, -0.2) is 58.6 Å². The zero-order chi connectivity index (χ0) is 12.3. The minimum atomic E-state index is -0.0606. The Morgan fingerprint density at radius 3 is 2.76 bits per heavy atom. The lowest BCUT2D eigenvalue weighted by Crippen LogP contribution is -2.48. The fraction of sp³-hybridized carbons (Fsp3) is 0.455. The van der Waals surface area contributed by atoms with E-state index < -0.39 is 0 Å². The highest BCUT2D eigenvalue weighted by Gasteiger charge is 2.22. The van der Waals surface area contributed by atoms with E-state index >= 15 is 0 Å². The highest BCUT2D eigenvalue weighted by atomic mass is 16.2. The molecule has 1 amide bonds. The van der Waals surface area contributed by atoms with E-state index in [0.717, 1.165) is 13.1 Å². The molecule has 3 N–H and O–H groups in total. The van der Waals surface area contributed by atoms with Gasteiger partial charge in [0.2, 0.25) is 0 Å². The number of aromatic nitrogens is 2. The molecule has 1 aromatic heterocycles. The number of terminal acetylenes is 1. The van der Waals surface area contributed by atoms with Crippen molar-refractivity contribution in [1.29, 1.82) is 0 Å². The summed E-state index contributed by atoms with van der Waals surface area (Å²) in [6, 6.07) is 1.55. The van der Waals surface area contributed by atoms with Crippen molar-refractivity contribution in [2.45, 2.75) is 0 Å². The Bertz CT molecular complexity index is 439. The molecule has 0 atom stereocenters. The van der Waals surface area contributed by atoms with Gasteiger partial charge in [0.1, 0.15) is 11.5 Å². The van der Waals surface area contributed by atoms with Crippen molar-refractivity contribution in [2.24, 2.45) is 0 Å². The van der Waals surface area contributed by atoms with Crippen molar-refractivity contribution in [3.05, 3.63) is 11.8 Å². The quantitative estimate of drug-likeness (QED) is 0.667. The molecule has 1 aliphatic heterocycles. The number of anilines is 1. The molecule has 6 heteroatoms. The number of amides is 1. The molecule has 0 radical (unpaired) electrons. The van der Waals surface area contributed by atoms with Crippen LogP contribution in [0.4, 0.5) is 5.82 Å². The number of hydrogen-bond acceptors (Lipinski definition) is 4. The van der Waals surface area contributed by atoms with Crippen LogP contribution in [0, 0.1) is 12.3 Å². The van der Waals surface area contributed by atoms with Crippen molar-refractivity contribution in [1.82, 2.24) is 20.0 Å². The Hall–Kier alpha value is -2.00. The molecule has 1 aliphatic rings. The average molecular weight is 233 g/mol.